The largest absolute Gasteiger partial charge is 0.490 e. The van der Waals surface area contributed by atoms with Gasteiger partial charge in [0.25, 0.3) is 5.91 Å². The number of nitrogens with zero attached hydrogens (tertiary/aromatic N) is 3. The van der Waals surface area contributed by atoms with Crippen LogP contribution < -0.4 is 9.47 Å². The molecule has 3 aromatic rings. The lowest BCUT2D eigenvalue weighted by Gasteiger charge is -2.49. The van der Waals surface area contributed by atoms with Crippen molar-refractivity contribution in [3.8, 4) is 11.5 Å². The van der Waals surface area contributed by atoms with Crippen LogP contribution in [0.4, 0.5) is 14.0 Å². The van der Waals surface area contributed by atoms with Crippen molar-refractivity contribution in [1.29, 1.82) is 0 Å². The van der Waals surface area contributed by atoms with Crippen LogP contribution in [0.5, 0.6) is 11.5 Å². The molecule has 2 bridgehead atoms. The number of halogens is 2. The van der Waals surface area contributed by atoms with E-state index in [4.69, 9.17) is 9.47 Å². The normalized spacial score (nSPS) is 19.1. The highest BCUT2D eigenvalue weighted by atomic mass is 79.9. The molecule has 2 unspecified atom stereocenters. The van der Waals surface area contributed by atoms with E-state index in [0.717, 1.165) is 23.1 Å². The smallest absolute Gasteiger partial charge is 0.408 e. The Hall–Kier alpha value is -4.58. The maximum atomic E-state index is 14.7. The molecule has 240 valence electrons. The Bertz CT molecular complexity index is 1650. The van der Waals surface area contributed by atoms with E-state index in [9.17, 15) is 29.0 Å². The third kappa shape index (κ3) is 6.81. The predicted octanol–water partition coefficient (Wildman–Crippen LogP) is 6.11. The second-order valence-corrected chi connectivity index (χ2v) is 12.5. The molecule has 12 heteroatoms. The molecule has 0 radical (unpaired) electrons. The first kappa shape index (κ1) is 31.4. The fourth-order valence-electron chi connectivity index (χ4n) is 6.22. The Balaban J connectivity index is 1.29. The van der Waals surface area contributed by atoms with E-state index in [1.165, 1.54) is 15.9 Å². The van der Waals surface area contributed by atoms with Crippen molar-refractivity contribution >= 4 is 39.6 Å². The van der Waals surface area contributed by atoms with Crippen LogP contribution in [0.25, 0.3) is 5.57 Å². The lowest BCUT2D eigenvalue weighted by Crippen LogP contribution is -2.65. The molecule has 0 spiro atoms. The van der Waals surface area contributed by atoms with Gasteiger partial charge in [-0.25, -0.2) is 14.0 Å². The first-order valence-corrected chi connectivity index (χ1v) is 15.9. The van der Waals surface area contributed by atoms with E-state index in [1.807, 2.05) is 36.4 Å². The average Bonchev–Trinajstić information content (AvgIpc) is 3.88. The van der Waals surface area contributed by atoms with Crippen molar-refractivity contribution in [2.45, 2.75) is 43.9 Å². The number of hydrogen-bond donors (Lipinski definition) is 2. The van der Waals surface area contributed by atoms with E-state index >= 15 is 0 Å². The summed E-state index contributed by atoms with van der Waals surface area (Å²) in [6.45, 7) is 0.469. The van der Waals surface area contributed by atoms with Gasteiger partial charge in [0.05, 0.1) is 12.1 Å². The van der Waals surface area contributed by atoms with Crippen molar-refractivity contribution in [2.75, 3.05) is 26.3 Å². The highest BCUT2D eigenvalue weighted by molar-refractivity contribution is 9.10. The first-order chi connectivity index (χ1) is 22.2. The number of hydrogen-bond acceptors (Lipinski definition) is 5. The molecule has 1 aliphatic carbocycles. The number of ether oxygens (including phenoxy) is 2. The number of carboxylic acid groups (broad SMARTS) is 2. The second kappa shape index (κ2) is 13.4. The fraction of sp³-hybridized carbons (Fsp3) is 0.324. The molecule has 10 nitrogen and oxygen atoms in total. The Morgan fingerprint density at radius 1 is 0.870 bits per heavy atom. The minimum absolute atomic E-state index is 0.00969. The van der Waals surface area contributed by atoms with E-state index in [-0.39, 0.29) is 37.7 Å². The molecular formula is C34H33BrFN3O7. The van der Waals surface area contributed by atoms with Gasteiger partial charge in [-0.15, -0.1) is 0 Å². The molecule has 2 N–H and O–H groups in total. The Kier molecular flexibility index (Phi) is 9.16. The van der Waals surface area contributed by atoms with Gasteiger partial charge >= 0.3 is 12.2 Å². The van der Waals surface area contributed by atoms with Crippen molar-refractivity contribution in [2.24, 2.45) is 0 Å². The molecule has 0 aromatic heterocycles. The van der Waals surface area contributed by atoms with Gasteiger partial charge < -0.3 is 29.5 Å². The summed E-state index contributed by atoms with van der Waals surface area (Å²) in [7, 11) is 0. The van der Waals surface area contributed by atoms with Gasteiger partial charge in [-0.05, 0) is 72.9 Å². The minimum atomic E-state index is -1.22. The van der Waals surface area contributed by atoms with Gasteiger partial charge in [-0.1, -0.05) is 46.3 Å². The zero-order chi connectivity index (χ0) is 32.4. The number of piperazine rings is 1. The highest BCUT2D eigenvalue weighted by Gasteiger charge is 2.49. The number of amides is 3. The summed E-state index contributed by atoms with van der Waals surface area (Å²) < 4.78 is 27.3. The fourth-order valence-corrected chi connectivity index (χ4v) is 6.48. The predicted molar refractivity (Wildman–Crippen MR) is 170 cm³/mol. The number of carbonyl (C=O) groups excluding carboxylic acids is 1. The van der Waals surface area contributed by atoms with Crippen molar-refractivity contribution in [1.82, 2.24) is 14.7 Å². The summed E-state index contributed by atoms with van der Waals surface area (Å²) in [6, 6.07) is 19.2. The number of rotatable bonds is 10. The molecular weight excluding hydrogens is 661 g/mol. The molecule has 46 heavy (non-hydrogen) atoms. The summed E-state index contributed by atoms with van der Waals surface area (Å²) in [5.74, 6) is 0.476. The van der Waals surface area contributed by atoms with E-state index in [0.29, 0.717) is 35.7 Å². The van der Waals surface area contributed by atoms with Gasteiger partial charge in [0.1, 0.15) is 30.5 Å². The number of carbonyl (C=O) groups is 3. The summed E-state index contributed by atoms with van der Waals surface area (Å²) in [4.78, 5) is 43.1. The zero-order valence-corrected chi connectivity index (χ0v) is 26.4. The van der Waals surface area contributed by atoms with E-state index in [2.05, 4.69) is 15.9 Å². The quantitative estimate of drug-likeness (QED) is 0.246. The third-order valence-corrected chi connectivity index (χ3v) is 9.09. The molecule has 6 rings (SSSR count). The van der Waals surface area contributed by atoms with E-state index < -0.39 is 36.0 Å². The summed E-state index contributed by atoms with van der Waals surface area (Å²) in [5.41, 5.74) is 1.96. The lowest BCUT2D eigenvalue weighted by molar-refractivity contribution is -0.129. The topological polar surface area (TPSA) is 120 Å². The van der Waals surface area contributed by atoms with Crippen molar-refractivity contribution in [3.05, 3.63) is 99.8 Å². The van der Waals surface area contributed by atoms with E-state index in [1.54, 1.807) is 35.2 Å². The molecule has 1 saturated heterocycles. The molecule has 2 fully saturated rings. The molecule has 3 aromatic carbocycles. The maximum absolute atomic E-state index is 14.7. The van der Waals surface area contributed by atoms with Crippen LogP contribution in [0, 0.1) is 5.82 Å². The van der Waals surface area contributed by atoms with Gasteiger partial charge in [0.15, 0.2) is 0 Å². The molecule has 2 aliphatic heterocycles. The Morgan fingerprint density at radius 3 is 2.09 bits per heavy atom. The van der Waals surface area contributed by atoms with Crippen LogP contribution in [0.3, 0.4) is 0 Å². The summed E-state index contributed by atoms with van der Waals surface area (Å²) in [5, 5.41) is 20.1. The zero-order valence-electron chi connectivity index (χ0n) is 24.9. The maximum Gasteiger partial charge on any atom is 0.408 e. The van der Waals surface area contributed by atoms with Gasteiger partial charge in [-0.2, -0.15) is 0 Å². The standard InChI is InChI=1S/C34H33BrFN3O7/c35-23-7-13-27(14-8-23)46-16-15-45-26-11-5-21(6-12-26)28-17-25-19-37(33(41)42)20-30(39(25)34(43)44)31(28)32(40)38(24-9-10-24)18-22-3-1-2-4-29(22)36/h1-8,11-14,24-25,30H,9-10,15-20H2,(H,41,42)(H,43,44). The van der Waals surface area contributed by atoms with Gasteiger partial charge in [0, 0.05) is 41.3 Å². The van der Waals surface area contributed by atoms with Crippen LogP contribution in [0.1, 0.15) is 30.4 Å². The van der Waals surface area contributed by atoms with Crippen LogP contribution >= 0.6 is 15.9 Å². The lowest BCUT2D eigenvalue weighted by atomic mass is 9.81. The van der Waals surface area contributed by atoms with Crippen LogP contribution in [-0.2, 0) is 11.3 Å². The minimum Gasteiger partial charge on any atom is -0.490 e. The van der Waals surface area contributed by atoms with Crippen LogP contribution in [0.15, 0.2) is 82.8 Å². The second-order valence-electron chi connectivity index (χ2n) is 11.6. The van der Waals surface area contributed by atoms with Crippen molar-refractivity contribution < 1.29 is 38.5 Å². The van der Waals surface area contributed by atoms with Crippen LogP contribution in [-0.4, -0.2) is 87.4 Å². The molecule has 2 atom stereocenters. The summed E-state index contributed by atoms with van der Waals surface area (Å²) >= 11 is 3.39. The molecule has 3 aliphatic rings. The molecule has 1 saturated carbocycles. The first-order valence-electron chi connectivity index (χ1n) is 15.1. The van der Waals surface area contributed by atoms with Crippen LogP contribution in [0.2, 0.25) is 0 Å². The number of fused-ring (bicyclic) bond motifs is 2. The Labute approximate surface area is 273 Å². The monoisotopic (exact) mass is 693 g/mol. The SMILES string of the molecule is O=C(O)N1CC2CC(c3ccc(OCCOc4ccc(Br)cc4)cc3)=C(C(=O)N(Cc3ccccc3F)C3CC3)C(C1)N2C(=O)O. The third-order valence-electron chi connectivity index (χ3n) is 8.56. The Morgan fingerprint density at radius 2 is 1.50 bits per heavy atom. The van der Waals surface area contributed by atoms with Gasteiger partial charge in [0.2, 0.25) is 0 Å². The van der Waals surface area contributed by atoms with Gasteiger partial charge in [-0.3, -0.25) is 9.69 Å². The number of benzene rings is 3. The molecule has 2 heterocycles. The van der Waals surface area contributed by atoms with Crippen molar-refractivity contribution in [3.63, 3.8) is 0 Å². The highest BCUT2D eigenvalue weighted by Crippen LogP contribution is 2.41. The molecule has 3 amide bonds. The summed E-state index contributed by atoms with van der Waals surface area (Å²) in [6.07, 6.45) is -0.751. The average molecular weight is 695 g/mol.